The van der Waals surface area contributed by atoms with Crippen molar-refractivity contribution in [3.8, 4) is 34.3 Å². The first-order chi connectivity index (χ1) is 14.7. The molecule has 1 heterocycles. The van der Waals surface area contributed by atoms with Gasteiger partial charge in [0.25, 0.3) is 11.8 Å². The van der Waals surface area contributed by atoms with Gasteiger partial charge in [0.05, 0.1) is 14.2 Å². The van der Waals surface area contributed by atoms with Crippen molar-refractivity contribution in [3.05, 3.63) is 78.4 Å². The lowest BCUT2D eigenvalue weighted by Crippen LogP contribution is -2.11. The number of nitrogens with zero attached hydrogens (tertiary/aromatic N) is 2. The molecule has 0 aliphatic carbocycles. The highest BCUT2D eigenvalue weighted by atomic mass is 16.5. The molecule has 0 saturated heterocycles. The van der Waals surface area contributed by atoms with Crippen LogP contribution in [0.1, 0.15) is 10.4 Å². The molecule has 150 valence electrons. The predicted octanol–water partition coefficient (Wildman–Crippen LogP) is 4.67. The maximum atomic E-state index is 12.6. The molecule has 7 nitrogen and oxygen atoms in total. The standard InChI is InChI=1S/C23H19N3O4/c1-28-19-13-12-18(14-20(19)29-2)24-22(27)16-8-10-17(11-9-16)23-25-21(26-30-23)15-6-4-3-5-7-15/h3-14H,1-2H3,(H,24,27). The Morgan fingerprint density at radius 3 is 2.30 bits per heavy atom. The van der Waals surface area contributed by atoms with Crippen molar-refractivity contribution in [1.82, 2.24) is 10.1 Å². The third kappa shape index (κ3) is 4.00. The van der Waals surface area contributed by atoms with Gasteiger partial charge in [-0.05, 0) is 36.4 Å². The predicted molar refractivity (Wildman–Crippen MR) is 113 cm³/mol. The van der Waals surface area contributed by atoms with Crippen LogP contribution in [0.2, 0.25) is 0 Å². The number of hydrogen-bond acceptors (Lipinski definition) is 6. The molecule has 1 amide bonds. The van der Waals surface area contributed by atoms with Gasteiger partial charge in [-0.15, -0.1) is 0 Å². The van der Waals surface area contributed by atoms with Gasteiger partial charge in [0.1, 0.15) is 0 Å². The molecule has 0 unspecified atom stereocenters. The topological polar surface area (TPSA) is 86.5 Å². The molecule has 0 bridgehead atoms. The number of benzene rings is 3. The zero-order valence-corrected chi connectivity index (χ0v) is 16.5. The molecule has 1 N–H and O–H groups in total. The summed E-state index contributed by atoms with van der Waals surface area (Å²) in [7, 11) is 3.10. The van der Waals surface area contributed by atoms with E-state index in [2.05, 4.69) is 15.5 Å². The molecule has 0 saturated carbocycles. The lowest BCUT2D eigenvalue weighted by molar-refractivity contribution is 0.102. The second-order valence-electron chi connectivity index (χ2n) is 6.39. The average Bonchev–Trinajstić information content (AvgIpc) is 3.30. The van der Waals surface area contributed by atoms with Crippen LogP contribution in [-0.2, 0) is 0 Å². The van der Waals surface area contributed by atoms with E-state index in [4.69, 9.17) is 14.0 Å². The summed E-state index contributed by atoms with van der Waals surface area (Å²) < 4.78 is 15.8. The Hall–Kier alpha value is -4.13. The van der Waals surface area contributed by atoms with Crippen molar-refractivity contribution < 1.29 is 18.8 Å². The van der Waals surface area contributed by atoms with Crippen LogP contribution >= 0.6 is 0 Å². The van der Waals surface area contributed by atoms with E-state index in [1.54, 1.807) is 56.7 Å². The molecular formula is C23H19N3O4. The van der Waals surface area contributed by atoms with E-state index in [0.29, 0.717) is 34.5 Å². The number of ether oxygens (including phenoxy) is 2. The summed E-state index contributed by atoms with van der Waals surface area (Å²) in [4.78, 5) is 17.0. The lowest BCUT2D eigenvalue weighted by Gasteiger charge is -2.10. The van der Waals surface area contributed by atoms with Crippen LogP contribution in [0.25, 0.3) is 22.8 Å². The van der Waals surface area contributed by atoms with Gasteiger partial charge < -0.3 is 19.3 Å². The SMILES string of the molecule is COc1ccc(NC(=O)c2ccc(-c3nc(-c4ccccc4)no3)cc2)cc1OC. The fraction of sp³-hybridized carbons (Fsp3) is 0.0870. The smallest absolute Gasteiger partial charge is 0.258 e. The van der Waals surface area contributed by atoms with Crippen LogP contribution in [0.3, 0.4) is 0 Å². The van der Waals surface area contributed by atoms with Crippen molar-refractivity contribution in [2.24, 2.45) is 0 Å². The second kappa shape index (κ2) is 8.48. The van der Waals surface area contributed by atoms with Gasteiger partial charge in [-0.3, -0.25) is 4.79 Å². The molecular weight excluding hydrogens is 382 g/mol. The van der Waals surface area contributed by atoms with Crippen molar-refractivity contribution in [2.45, 2.75) is 0 Å². The van der Waals surface area contributed by atoms with Crippen molar-refractivity contribution in [2.75, 3.05) is 19.5 Å². The minimum Gasteiger partial charge on any atom is -0.493 e. The summed E-state index contributed by atoms with van der Waals surface area (Å²) in [5, 5.41) is 6.86. The van der Waals surface area contributed by atoms with Crippen LogP contribution in [0.5, 0.6) is 11.5 Å². The molecule has 0 aliphatic rings. The normalized spacial score (nSPS) is 10.5. The molecule has 0 atom stereocenters. The number of rotatable bonds is 6. The summed E-state index contributed by atoms with van der Waals surface area (Å²) in [5.74, 6) is 1.79. The summed E-state index contributed by atoms with van der Waals surface area (Å²) in [5.41, 5.74) is 2.70. The minimum absolute atomic E-state index is 0.246. The molecule has 0 fully saturated rings. The molecule has 7 heteroatoms. The van der Waals surface area contributed by atoms with Crippen LogP contribution in [-0.4, -0.2) is 30.3 Å². The van der Waals surface area contributed by atoms with Gasteiger partial charge in [0.2, 0.25) is 5.82 Å². The Bertz CT molecular complexity index is 1150. The molecule has 3 aromatic carbocycles. The zero-order valence-electron chi connectivity index (χ0n) is 16.5. The van der Waals surface area contributed by atoms with E-state index in [-0.39, 0.29) is 5.91 Å². The van der Waals surface area contributed by atoms with Crippen molar-refractivity contribution in [3.63, 3.8) is 0 Å². The van der Waals surface area contributed by atoms with Gasteiger partial charge >= 0.3 is 0 Å². The molecule has 4 aromatic rings. The number of methoxy groups -OCH3 is 2. The van der Waals surface area contributed by atoms with Gasteiger partial charge in [-0.25, -0.2) is 0 Å². The van der Waals surface area contributed by atoms with E-state index < -0.39 is 0 Å². The first-order valence-corrected chi connectivity index (χ1v) is 9.21. The quantitative estimate of drug-likeness (QED) is 0.505. The number of hydrogen-bond donors (Lipinski definition) is 1. The Kier molecular flexibility index (Phi) is 5.43. The highest BCUT2D eigenvalue weighted by molar-refractivity contribution is 6.04. The summed E-state index contributed by atoms with van der Waals surface area (Å²) >= 11 is 0. The minimum atomic E-state index is -0.246. The van der Waals surface area contributed by atoms with Crippen LogP contribution in [0.15, 0.2) is 77.3 Å². The van der Waals surface area contributed by atoms with E-state index in [1.165, 1.54) is 0 Å². The summed E-state index contributed by atoms with van der Waals surface area (Å²) in [6.45, 7) is 0. The number of anilines is 1. The summed E-state index contributed by atoms with van der Waals surface area (Å²) in [6.07, 6.45) is 0. The first kappa shape index (κ1) is 19.2. The highest BCUT2D eigenvalue weighted by Gasteiger charge is 2.13. The number of carbonyl (C=O) groups is 1. The van der Waals surface area contributed by atoms with E-state index in [0.717, 1.165) is 11.1 Å². The van der Waals surface area contributed by atoms with Gasteiger partial charge in [0, 0.05) is 28.4 Å². The Balaban J connectivity index is 1.48. The van der Waals surface area contributed by atoms with Gasteiger partial charge in [-0.1, -0.05) is 35.5 Å². The number of nitrogens with one attached hydrogen (secondary N) is 1. The Morgan fingerprint density at radius 2 is 1.60 bits per heavy atom. The second-order valence-corrected chi connectivity index (χ2v) is 6.39. The fourth-order valence-corrected chi connectivity index (χ4v) is 2.93. The van der Waals surface area contributed by atoms with Crippen LogP contribution in [0.4, 0.5) is 5.69 Å². The molecule has 0 aliphatic heterocycles. The monoisotopic (exact) mass is 401 g/mol. The number of carbonyl (C=O) groups excluding carboxylic acids is 1. The zero-order chi connectivity index (χ0) is 20.9. The van der Waals surface area contributed by atoms with Crippen LogP contribution in [0, 0.1) is 0 Å². The van der Waals surface area contributed by atoms with Crippen molar-refractivity contribution >= 4 is 11.6 Å². The molecule has 4 rings (SSSR count). The van der Waals surface area contributed by atoms with Crippen LogP contribution < -0.4 is 14.8 Å². The Labute approximate surface area is 173 Å². The van der Waals surface area contributed by atoms with Gasteiger partial charge in [-0.2, -0.15) is 4.98 Å². The lowest BCUT2D eigenvalue weighted by atomic mass is 10.1. The van der Waals surface area contributed by atoms with Crippen molar-refractivity contribution in [1.29, 1.82) is 0 Å². The fourth-order valence-electron chi connectivity index (χ4n) is 2.93. The third-order valence-electron chi connectivity index (χ3n) is 4.49. The molecule has 0 spiro atoms. The Morgan fingerprint density at radius 1 is 0.867 bits per heavy atom. The summed E-state index contributed by atoms with van der Waals surface area (Å²) in [6, 6.07) is 21.7. The van der Waals surface area contributed by atoms with E-state index in [9.17, 15) is 4.79 Å². The largest absolute Gasteiger partial charge is 0.493 e. The molecule has 30 heavy (non-hydrogen) atoms. The molecule has 0 radical (unpaired) electrons. The average molecular weight is 401 g/mol. The maximum Gasteiger partial charge on any atom is 0.258 e. The van der Waals surface area contributed by atoms with Gasteiger partial charge in [0.15, 0.2) is 11.5 Å². The number of aromatic nitrogens is 2. The van der Waals surface area contributed by atoms with E-state index in [1.807, 2.05) is 30.3 Å². The first-order valence-electron chi connectivity index (χ1n) is 9.21. The third-order valence-corrected chi connectivity index (χ3v) is 4.49. The number of amides is 1. The molecule has 1 aromatic heterocycles. The van der Waals surface area contributed by atoms with E-state index >= 15 is 0 Å². The maximum absolute atomic E-state index is 12.6. The highest BCUT2D eigenvalue weighted by Crippen LogP contribution is 2.30.